The highest BCUT2D eigenvalue weighted by molar-refractivity contribution is 8.78. The lowest BCUT2D eigenvalue weighted by Crippen LogP contribution is -2.39. The van der Waals surface area contributed by atoms with Gasteiger partial charge < -0.3 is 20.6 Å². The van der Waals surface area contributed by atoms with Crippen LogP contribution >= 0.6 is 29.2 Å². The van der Waals surface area contributed by atoms with Crippen molar-refractivity contribution in [1.29, 1.82) is 0 Å². The van der Waals surface area contributed by atoms with Gasteiger partial charge in [0.05, 0.1) is 6.61 Å². The van der Waals surface area contributed by atoms with E-state index in [0.717, 1.165) is 30.1 Å². The van der Waals surface area contributed by atoms with E-state index in [4.69, 9.17) is 20.6 Å². The molecule has 8 heteroatoms. The van der Waals surface area contributed by atoms with E-state index in [1.165, 1.54) is 17.2 Å². The third kappa shape index (κ3) is 4.13. The molecule has 0 saturated heterocycles. The number of rotatable bonds is 5. The monoisotopic (exact) mass is 301 g/mol. The number of hydrogen-bond acceptors (Lipinski definition) is 5. The van der Waals surface area contributed by atoms with Gasteiger partial charge >= 0.3 is 7.60 Å². The normalized spacial score (nSPS) is 29.9. The topological polar surface area (TPSA) is 104 Å². The Hall–Kier alpha value is 0.770. The maximum atomic E-state index is 11.2. The summed E-state index contributed by atoms with van der Waals surface area (Å²) in [6.45, 7) is 1.42. The van der Waals surface area contributed by atoms with Crippen molar-refractivity contribution in [2.75, 3.05) is 6.61 Å². The smallest absolute Gasteiger partial charge is 0.358 e. The van der Waals surface area contributed by atoms with Crippen LogP contribution in [0.3, 0.4) is 0 Å². The molecular weight excluding hydrogens is 281 g/mol. The quantitative estimate of drug-likeness (QED) is 0.348. The van der Waals surface area contributed by atoms with Crippen molar-refractivity contribution in [2.24, 2.45) is 11.7 Å². The maximum absolute atomic E-state index is 11.2. The van der Waals surface area contributed by atoms with Gasteiger partial charge in [0.2, 0.25) is 0 Å². The Morgan fingerprint density at radius 2 is 2.00 bits per heavy atom. The Kier molecular flexibility index (Phi) is 5.85. The second-order valence-corrected chi connectivity index (χ2v) is 9.49. The van der Waals surface area contributed by atoms with Crippen molar-refractivity contribution < 1.29 is 19.5 Å². The van der Waals surface area contributed by atoms with Gasteiger partial charge in [-0.2, -0.15) is 0 Å². The van der Waals surface area contributed by atoms with Gasteiger partial charge in [-0.05, 0) is 18.8 Å². The van der Waals surface area contributed by atoms with Gasteiger partial charge in [0.25, 0.3) is 0 Å². The summed E-state index contributed by atoms with van der Waals surface area (Å²) in [7, 11) is -2.18. The fourth-order valence-corrected chi connectivity index (χ4v) is 6.39. The summed E-state index contributed by atoms with van der Waals surface area (Å²) in [4.78, 5) is 18.2. The molecular formula is C9H20NO4PS2. The largest absolute Gasteiger partial charge is 0.393 e. The first-order chi connectivity index (χ1) is 7.80. The van der Waals surface area contributed by atoms with Crippen LogP contribution in [0.4, 0.5) is 0 Å². The predicted molar refractivity (Wildman–Crippen MR) is 72.7 cm³/mol. The Balaban J connectivity index is 2.55. The Bertz CT molecular complexity index is 301. The minimum absolute atomic E-state index is 0.356. The highest BCUT2D eigenvalue weighted by Crippen LogP contribution is 2.58. The minimum Gasteiger partial charge on any atom is -0.393 e. The molecule has 1 aliphatic carbocycles. The van der Waals surface area contributed by atoms with Crippen LogP contribution in [0.15, 0.2) is 0 Å². The zero-order valence-corrected chi connectivity index (χ0v) is 12.3. The molecule has 102 valence electrons. The molecule has 0 aromatic heterocycles. The van der Waals surface area contributed by atoms with Crippen LogP contribution < -0.4 is 5.73 Å². The number of nitrogens with two attached hydrogens (primary N) is 1. The maximum Gasteiger partial charge on any atom is 0.358 e. The molecule has 0 aromatic carbocycles. The van der Waals surface area contributed by atoms with Crippen LogP contribution in [0.2, 0.25) is 0 Å². The average molecular weight is 301 g/mol. The summed E-state index contributed by atoms with van der Waals surface area (Å²) in [5, 5.41) is 9.42. The second kappa shape index (κ2) is 6.28. The van der Waals surface area contributed by atoms with Crippen LogP contribution in [0.25, 0.3) is 0 Å². The summed E-state index contributed by atoms with van der Waals surface area (Å²) in [6, 6.07) is 0. The summed E-state index contributed by atoms with van der Waals surface area (Å²) < 4.78 is 9.33. The van der Waals surface area contributed by atoms with Crippen molar-refractivity contribution in [3.8, 4) is 0 Å². The molecule has 1 fully saturated rings. The molecule has 0 spiro atoms. The lowest BCUT2D eigenvalue weighted by Gasteiger charge is -2.32. The molecule has 0 amide bonds. The van der Waals surface area contributed by atoms with E-state index in [2.05, 4.69) is 6.92 Å². The number of aliphatic hydroxyl groups is 1. The highest BCUT2D eigenvalue weighted by Gasteiger charge is 2.45. The fourth-order valence-electron chi connectivity index (χ4n) is 1.74. The van der Waals surface area contributed by atoms with E-state index in [9.17, 15) is 4.57 Å². The van der Waals surface area contributed by atoms with Crippen molar-refractivity contribution in [2.45, 2.75) is 42.5 Å². The molecule has 0 aromatic rings. The molecule has 3 atom stereocenters. The second-order valence-electron chi connectivity index (χ2n) is 4.53. The van der Waals surface area contributed by atoms with Crippen LogP contribution in [0, 0.1) is 5.92 Å². The van der Waals surface area contributed by atoms with Gasteiger partial charge in [0.15, 0.2) is 4.61 Å². The first kappa shape index (κ1) is 15.8. The van der Waals surface area contributed by atoms with E-state index in [1.807, 2.05) is 0 Å². The van der Waals surface area contributed by atoms with Gasteiger partial charge in [0, 0.05) is 5.25 Å². The Morgan fingerprint density at radius 1 is 1.41 bits per heavy atom. The average Bonchev–Trinajstić information content (AvgIpc) is 2.26. The molecule has 1 aliphatic rings. The van der Waals surface area contributed by atoms with E-state index >= 15 is 0 Å². The molecule has 5 N–H and O–H groups in total. The van der Waals surface area contributed by atoms with Crippen LogP contribution in [0.5, 0.6) is 0 Å². The van der Waals surface area contributed by atoms with E-state index in [-0.39, 0.29) is 0 Å². The highest BCUT2D eigenvalue weighted by atomic mass is 33.1. The lowest BCUT2D eigenvalue weighted by molar-refractivity contribution is 0.255. The molecule has 0 heterocycles. The third-order valence-electron chi connectivity index (χ3n) is 3.07. The molecule has 0 radical (unpaired) electrons. The van der Waals surface area contributed by atoms with Gasteiger partial charge in [-0.25, -0.2) is 0 Å². The summed E-state index contributed by atoms with van der Waals surface area (Å²) >= 11 is 0. The zero-order chi connectivity index (χ0) is 13.1. The van der Waals surface area contributed by atoms with E-state index in [1.54, 1.807) is 0 Å². The van der Waals surface area contributed by atoms with Crippen molar-refractivity contribution in [1.82, 2.24) is 0 Å². The van der Waals surface area contributed by atoms with Gasteiger partial charge in [-0.1, -0.05) is 41.4 Å². The first-order valence-corrected chi connectivity index (χ1v) is 9.42. The first-order valence-electron chi connectivity index (χ1n) is 5.60. The molecule has 0 bridgehead atoms. The molecule has 1 rings (SSSR count). The molecule has 5 nitrogen and oxygen atoms in total. The Labute approximate surface area is 109 Å². The number of hydrogen-bond donors (Lipinski definition) is 4. The number of aliphatic hydroxyl groups excluding tert-OH is 1. The molecule has 0 aliphatic heterocycles. The third-order valence-corrected chi connectivity index (χ3v) is 8.94. The molecule has 17 heavy (non-hydrogen) atoms. The fraction of sp³-hybridized carbons (Fsp3) is 1.00. The van der Waals surface area contributed by atoms with Crippen LogP contribution in [-0.2, 0) is 4.57 Å². The zero-order valence-electron chi connectivity index (χ0n) is 9.78. The SMILES string of the molecule is CC1CCCCC1SSC(N)(CO)P(=O)(O)O. The van der Waals surface area contributed by atoms with Crippen LogP contribution in [0.1, 0.15) is 32.6 Å². The minimum atomic E-state index is -4.51. The molecule has 3 unspecified atom stereocenters. The molecule has 1 saturated carbocycles. The summed E-state index contributed by atoms with van der Waals surface area (Å²) in [6.07, 6.45) is 4.55. The lowest BCUT2D eigenvalue weighted by atomic mass is 9.90. The summed E-state index contributed by atoms with van der Waals surface area (Å²) in [5.74, 6) is 0.529. The summed E-state index contributed by atoms with van der Waals surface area (Å²) in [5.41, 5.74) is 5.57. The van der Waals surface area contributed by atoms with Gasteiger partial charge in [-0.15, -0.1) is 0 Å². The standard InChI is InChI=1S/C9H20NO4PS2/c1-7-4-2-3-5-8(7)16-17-9(10,6-11)15(12,13)14/h7-8,11H,2-6,10H2,1H3,(H2,12,13,14). The predicted octanol–water partition coefficient (Wildman–Crippen LogP) is 1.73. The van der Waals surface area contributed by atoms with Crippen molar-refractivity contribution in [3.05, 3.63) is 0 Å². The van der Waals surface area contributed by atoms with Gasteiger partial charge in [0.1, 0.15) is 0 Å². The van der Waals surface area contributed by atoms with Crippen molar-refractivity contribution >= 4 is 29.2 Å². The van der Waals surface area contributed by atoms with E-state index < -0.39 is 18.8 Å². The van der Waals surface area contributed by atoms with Crippen LogP contribution in [-0.4, -0.2) is 31.4 Å². The van der Waals surface area contributed by atoms with Crippen molar-refractivity contribution in [3.63, 3.8) is 0 Å². The van der Waals surface area contributed by atoms with Gasteiger partial charge in [-0.3, -0.25) is 4.57 Å². The Morgan fingerprint density at radius 3 is 2.47 bits per heavy atom. The van der Waals surface area contributed by atoms with E-state index in [0.29, 0.717) is 11.2 Å².